The molecule has 8 heteroatoms. The molecule has 1 amide bonds. The van der Waals surface area contributed by atoms with Gasteiger partial charge in [0, 0.05) is 22.9 Å². The second-order valence-corrected chi connectivity index (χ2v) is 8.13. The molecule has 0 saturated heterocycles. The molecule has 1 N–H and O–H groups in total. The first-order chi connectivity index (χ1) is 15.9. The lowest BCUT2D eigenvalue weighted by Gasteiger charge is -2.08. The Bertz CT molecular complexity index is 1340. The van der Waals surface area contributed by atoms with Crippen molar-refractivity contribution in [3.63, 3.8) is 0 Å². The van der Waals surface area contributed by atoms with Crippen molar-refractivity contribution in [2.75, 3.05) is 5.32 Å². The molecule has 0 atom stereocenters. The summed E-state index contributed by atoms with van der Waals surface area (Å²) in [5.74, 6) is -0.421. The maximum atomic E-state index is 12.7. The Morgan fingerprint density at radius 1 is 1.00 bits per heavy atom. The second kappa shape index (κ2) is 9.20. The Labute approximate surface area is 191 Å². The number of hydrogen-bond acceptors (Lipinski definition) is 5. The molecule has 0 unspecified atom stereocenters. The molecule has 4 rings (SSSR count). The summed E-state index contributed by atoms with van der Waals surface area (Å²) in [6.07, 6.45) is 3.37. The van der Waals surface area contributed by atoms with Gasteiger partial charge in [0.2, 0.25) is 0 Å². The van der Waals surface area contributed by atoms with E-state index in [1.165, 1.54) is 11.6 Å². The summed E-state index contributed by atoms with van der Waals surface area (Å²) in [5, 5.41) is 23.2. The molecule has 3 aromatic carbocycles. The molecule has 0 aliphatic carbocycles. The molecule has 1 aromatic heterocycles. The van der Waals surface area contributed by atoms with Crippen molar-refractivity contribution < 1.29 is 9.72 Å². The fourth-order valence-corrected chi connectivity index (χ4v) is 3.64. The molecule has 4 aromatic rings. The number of unbranched alkanes of at least 4 members (excludes halogenated alkanes) is 1. The zero-order valence-corrected chi connectivity index (χ0v) is 18.8. The number of nitrogens with one attached hydrogen (secondary N) is 1. The van der Waals surface area contributed by atoms with Crippen molar-refractivity contribution >= 4 is 28.3 Å². The average Bonchev–Trinajstić information content (AvgIpc) is 3.21. The van der Waals surface area contributed by atoms with Gasteiger partial charge in [-0.1, -0.05) is 31.5 Å². The molecule has 0 aliphatic rings. The van der Waals surface area contributed by atoms with Crippen LogP contribution in [0.3, 0.4) is 0 Å². The Morgan fingerprint density at radius 2 is 1.70 bits per heavy atom. The Kier molecular flexibility index (Phi) is 6.17. The zero-order chi connectivity index (χ0) is 23.5. The smallest absolute Gasteiger partial charge is 0.273 e. The number of carbonyl (C=O) groups is 1. The van der Waals surface area contributed by atoms with E-state index in [4.69, 9.17) is 0 Å². The number of carbonyl (C=O) groups excluding carboxylic acids is 1. The minimum atomic E-state index is -0.488. The summed E-state index contributed by atoms with van der Waals surface area (Å²) < 4.78 is 0. The van der Waals surface area contributed by atoms with Gasteiger partial charge in [0.05, 0.1) is 10.6 Å². The average molecular weight is 444 g/mol. The van der Waals surface area contributed by atoms with E-state index in [2.05, 4.69) is 34.6 Å². The maximum Gasteiger partial charge on any atom is 0.273 e. The van der Waals surface area contributed by atoms with Crippen LogP contribution in [0.2, 0.25) is 0 Å². The molecular formula is C25H25N5O3. The highest BCUT2D eigenvalue weighted by atomic mass is 16.6. The minimum Gasteiger partial charge on any atom is -0.322 e. The second-order valence-electron chi connectivity index (χ2n) is 8.13. The number of nitrogens with zero attached hydrogens (tertiary/aromatic N) is 4. The molecule has 8 nitrogen and oxygen atoms in total. The van der Waals surface area contributed by atoms with Crippen molar-refractivity contribution in [2.45, 2.75) is 40.0 Å². The lowest BCUT2D eigenvalue weighted by molar-refractivity contribution is -0.385. The number of nitro benzene ring substituents is 1. The largest absolute Gasteiger partial charge is 0.322 e. The van der Waals surface area contributed by atoms with E-state index in [1.54, 1.807) is 29.9 Å². The summed E-state index contributed by atoms with van der Waals surface area (Å²) in [7, 11) is 0. The summed E-state index contributed by atoms with van der Waals surface area (Å²) >= 11 is 0. The van der Waals surface area contributed by atoms with Gasteiger partial charge in [-0.3, -0.25) is 14.9 Å². The standard InChI is InChI=1S/C25H25N5O3/c1-4-5-6-18-8-11-20(12-9-18)29-27-22-13-17(3)21(15-23(22)28-29)26-25(31)19-10-7-16(2)24(14-19)30(32)33/h7-15H,4-6H2,1-3H3,(H,26,31). The van der Waals surface area contributed by atoms with Gasteiger partial charge >= 0.3 is 0 Å². The third-order valence-corrected chi connectivity index (χ3v) is 5.63. The van der Waals surface area contributed by atoms with Gasteiger partial charge < -0.3 is 5.32 Å². The van der Waals surface area contributed by atoms with Crippen LogP contribution >= 0.6 is 0 Å². The van der Waals surface area contributed by atoms with Crippen LogP contribution < -0.4 is 5.32 Å². The van der Waals surface area contributed by atoms with E-state index < -0.39 is 10.8 Å². The summed E-state index contributed by atoms with van der Waals surface area (Å²) in [4.78, 5) is 25.0. The van der Waals surface area contributed by atoms with Crippen molar-refractivity contribution in [2.24, 2.45) is 0 Å². The number of rotatable bonds is 7. The van der Waals surface area contributed by atoms with Crippen molar-refractivity contribution in [1.82, 2.24) is 15.0 Å². The van der Waals surface area contributed by atoms with Gasteiger partial charge in [-0.15, -0.1) is 10.2 Å². The van der Waals surface area contributed by atoms with Crippen molar-refractivity contribution in [3.05, 3.63) is 87.0 Å². The third-order valence-electron chi connectivity index (χ3n) is 5.63. The topological polar surface area (TPSA) is 103 Å². The molecule has 33 heavy (non-hydrogen) atoms. The van der Waals surface area contributed by atoms with Crippen LogP contribution in [0.25, 0.3) is 16.7 Å². The lowest BCUT2D eigenvalue weighted by Crippen LogP contribution is -2.13. The minimum absolute atomic E-state index is 0.0847. The van der Waals surface area contributed by atoms with Gasteiger partial charge in [0.1, 0.15) is 11.0 Å². The van der Waals surface area contributed by atoms with Crippen molar-refractivity contribution in [1.29, 1.82) is 0 Å². The van der Waals surface area contributed by atoms with Gasteiger partial charge in [-0.25, -0.2) is 0 Å². The van der Waals surface area contributed by atoms with E-state index in [1.807, 2.05) is 25.1 Å². The quantitative estimate of drug-likeness (QED) is 0.298. The first kappa shape index (κ1) is 22.1. The van der Waals surface area contributed by atoms with Gasteiger partial charge in [0.25, 0.3) is 11.6 Å². The van der Waals surface area contributed by atoms with Crippen molar-refractivity contribution in [3.8, 4) is 5.69 Å². The third kappa shape index (κ3) is 4.74. The van der Waals surface area contributed by atoms with E-state index in [0.717, 1.165) is 30.5 Å². The van der Waals surface area contributed by atoms with E-state index in [-0.39, 0.29) is 11.3 Å². The highest BCUT2D eigenvalue weighted by Crippen LogP contribution is 2.24. The molecule has 0 bridgehead atoms. The van der Waals surface area contributed by atoms with Crippen LogP contribution in [0.1, 0.15) is 46.8 Å². The number of nitro groups is 1. The van der Waals surface area contributed by atoms with Crippen LogP contribution in [-0.4, -0.2) is 25.8 Å². The van der Waals surface area contributed by atoms with Crippen LogP contribution in [0, 0.1) is 24.0 Å². The number of aryl methyl sites for hydroxylation is 3. The number of anilines is 1. The number of amides is 1. The Balaban J connectivity index is 1.58. The Hall–Kier alpha value is -4.07. The SMILES string of the molecule is CCCCc1ccc(-n2nc3cc(C)c(NC(=O)c4ccc(C)c([N+](=O)[O-])c4)cc3n2)cc1. The number of benzene rings is 3. The molecule has 0 spiro atoms. The van der Waals surface area contributed by atoms with Gasteiger partial charge in [-0.05, 0) is 68.1 Å². The van der Waals surface area contributed by atoms with E-state index >= 15 is 0 Å². The number of fused-ring (bicyclic) bond motifs is 1. The van der Waals surface area contributed by atoms with Crippen LogP contribution in [0.4, 0.5) is 11.4 Å². The van der Waals surface area contributed by atoms with Gasteiger partial charge in [0.15, 0.2) is 0 Å². The molecule has 0 aliphatic heterocycles. The summed E-state index contributed by atoms with van der Waals surface area (Å²) in [6, 6.07) is 16.3. The molecular weight excluding hydrogens is 418 g/mol. The Morgan fingerprint density at radius 3 is 2.36 bits per heavy atom. The summed E-state index contributed by atoms with van der Waals surface area (Å²) in [6.45, 7) is 5.69. The first-order valence-corrected chi connectivity index (χ1v) is 10.9. The van der Waals surface area contributed by atoms with Crippen LogP contribution in [-0.2, 0) is 6.42 Å². The molecule has 168 valence electrons. The predicted molar refractivity (Wildman–Crippen MR) is 128 cm³/mol. The zero-order valence-electron chi connectivity index (χ0n) is 18.8. The van der Waals surface area contributed by atoms with Crippen LogP contribution in [0.5, 0.6) is 0 Å². The monoisotopic (exact) mass is 443 g/mol. The number of aromatic nitrogens is 3. The van der Waals surface area contributed by atoms with E-state index in [9.17, 15) is 14.9 Å². The van der Waals surface area contributed by atoms with E-state index in [0.29, 0.717) is 22.3 Å². The highest BCUT2D eigenvalue weighted by molar-refractivity contribution is 6.05. The normalized spacial score (nSPS) is 11.0. The fourth-order valence-electron chi connectivity index (χ4n) is 3.64. The molecule has 1 heterocycles. The summed E-state index contributed by atoms with van der Waals surface area (Å²) in [5.41, 5.74) is 5.54. The highest BCUT2D eigenvalue weighted by Gasteiger charge is 2.16. The fraction of sp³-hybridized carbons (Fsp3) is 0.240. The van der Waals surface area contributed by atoms with Crippen LogP contribution in [0.15, 0.2) is 54.6 Å². The lowest BCUT2D eigenvalue weighted by atomic mass is 10.1. The number of hydrogen-bond donors (Lipinski definition) is 1. The van der Waals surface area contributed by atoms with Gasteiger partial charge in [-0.2, -0.15) is 4.80 Å². The molecule has 0 fully saturated rings. The molecule has 0 radical (unpaired) electrons. The predicted octanol–water partition coefficient (Wildman–Crippen LogP) is 5.54. The maximum absolute atomic E-state index is 12.7. The molecule has 0 saturated carbocycles. The first-order valence-electron chi connectivity index (χ1n) is 10.9.